The number of carbonyl (C=O) groups is 8. The minimum absolute atomic E-state index is 0. The van der Waals surface area contributed by atoms with Crippen LogP contribution >= 0.6 is 0 Å². The normalized spacial score (nSPS) is 6.90. The molecule has 2 aromatic carbocycles. The first-order valence-corrected chi connectivity index (χ1v) is 15.4. The van der Waals surface area contributed by atoms with Crippen LogP contribution in [0.15, 0.2) is 24.3 Å². The first-order chi connectivity index (χ1) is 25.9. The number of nitrogens with zero attached hydrogens (tertiary/aromatic N) is 4. The Kier molecular flexibility index (Phi) is 277. The molecule has 2 rings (SSSR count). The van der Waals surface area contributed by atoms with Crippen molar-refractivity contribution in [1.29, 1.82) is 0 Å². The molecule has 0 atom stereocenters. The van der Waals surface area contributed by atoms with E-state index in [0.717, 1.165) is 43.9 Å². The summed E-state index contributed by atoms with van der Waals surface area (Å²) in [6, 6.07) is 3.02. The third kappa shape index (κ3) is 96.8. The van der Waals surface area contributed by atoms with Gasteiger partial charge >= 0.3 is 85.3 Å². The Morgan fingerprint density at radius 3 is 0.438 bits per heavy atom. The Morgan fingerprint density at radius 2 is 0.360 bits per heavy atom. The molecule has 0 amide bonds. The number of carbonyl (C=O) groups excluding carboxylic acids is 8. The molecule has 0 saturated carbocycles. The summed E-state index contributed by atoms with van der Waals surface area (Å²) in [5, 5.41) is 111. The van der Waals surface area contributed by atoms with E-state index >= 15 is 0 Å². The van der Waals surface area contributed by atoms with Gasteiger partial charge in [-0.15, -0.1) is 0 Å². The van der Waals surface area contributed by atoms with Crippen LogP contribution in [-0.4, -0.2) is 196 Å². The summed E-state index contributed by atoms with van der Waals surface area (Å²) < 4.78 is 27.7. The number of rotatable bonds is 24. The van der Waals surface area contributed by atoms with Crippen LogP contribution in [-0.2, 0) is 227 Å². The van der Waals surface area contributed by atoms with Gasteiger partial charge in [0.05, 0.1) is 47.8 Å². The predicted molar refractivity (Wildman–Crippen MR) is 272 cm³/mol. The van der Waals surface area contributed by atoms with Gasteiger partial charge in [-0.1, -0.05) is 11.5 Å². The van der Waals surface area contributed by atoms with Crippen molar-refractivity contribution >= 4 is 47.8 Å². The van der Waals surface area contributed by atoms with Crippen molar-refractivity contribution in [3.63, 3.8) is 0 Å². The molecule has 0 saturated heterocycles. The Hall–Kier alpha value is -5.02. The van der Waals surface area contributed by atoms with Crippen molar-refractivity contribution in [3.8, 4) is 11.5 Å². The summed E-state index contributed by atoms with van der Waals surface area (Å²) in [4.78, 5) is 88.6. The van der Waals surface area contributed by atoms with Crippen LogP contribution in [0.3, 0.4) is 0 Å². The summed E-state index contributed by atoms with van der Waals surface area (Å²) in [5.41, 5.74) is -1.28. The van der Waals surface area contributed by atoms with Crippen molar-refractivity contribution in [2.45, 2.75) is 26.2 Å². The quantitative estimate of drug-likeness (QED) is 0.0695. The van der Waals surface area contributed by atoms with Gasteiger partial charge in [0.15, 0.2) is 0 Å². The maximum Gasteiger partial charge on any atom is 3.00 e. The molecule has 2 aromatic rings. The van der Waals surface area contributed by atoms with Crippen molar-refractivity contribution < 1.29 is 337 Å². The number of hydrogen-bond acceptors (Lipinski definition) is 22. The van der Waals surface area contributed by atoms with Gasteiger partial charge in [0, 0.05) is 78.5 Å². The molecular formula is C32H98F2Mn5N4O46+18. The molecule has 70 N–H and O–H groups in total. The predicted octanol–water partition coefficient (Wildman–Crippen LogP) is -37.5. The van der Waals surface area contributed by atoms with Gasteiger partial charge in [-0.3, -0.25) is 19.6 Å². The molecule has 0 spiro atoms. The number of hydrogen-bond donors (Lipinski definition) is 0. The van der Waals surface area contributed by atoms with E-state index < -0.39 is 149 Å². The summed E-state index contributed by atoms with van der Waals surface area (Å²) >= 11 is 0. The van der Waals surface area contributed by atoms with Gasteiger partial charge in [0.25, 0.3) is 0 Å². The molecule has 1 radical (unpaired) electrons. The van der Waals surface area contributed by atoms with Crippen LogP contribution in [0.5, 0.6) is 11.5 Å². The van der Waals surface area contributed by atoms with Gasteiger partial charge in [0.1, 0.15) is 11.6 Å². The van der Waals surface area contributed by atoms with Crippen LogP contribution in [0, 0.1) is 11.6 Å². The fourth-order valence-electron chi connectivity index (χ4n) is 4.99. The van der Waals surface area contributed by atoms with E-state index in [4.69, 9.17) is 0 Å². The van der Waals surface area contributed by atoms with E-state index in [-0.39, 0.29) is 261 Å². The van der Waals surface area contributed by atoms with Crippen LogP contribution < -0.4 is 51.1 Å². The van der Waals surface area contributed by atoms with Crippen LogP contribution in [0.25, 0.3) is 0 Å². The zero-order chi connectivity index (χ0) is 42.9. The molecule has 0 aliphatic carbocycles. The van der Waals surface area contributed by atoms with Gasteiger partial charge in [-0.2, -0.15) is 0 Å². The molecule has 0 aliphatic heterocycles. The molecule has 50 nitrogen and oxygen atoms in total. The molecule has 89 heavy (non-hydrogen) atoms. The molecule has 0 heterocycles. The van der Waals surface area contributed by atoms with Crippen molar-refractivity contribution in [1.82, 2.24) is 19.6 Å². The molecule has 0 aliphatic rings. The van der Waals surface area contributed by atoms with Gasteiger partial charge in [-0.25, -0.2) is 8.78 Å². The maximum absolute atomic E-state index is 13.9. The zero-order valence-corrected chi connectivity index (χ0v) is 51.6. The second-order valence-electron chi connectivity index (χ2n) is 11.7. The zero-order valence-electron chi connectivity index (χ0n) is 45.7. The van der Waals surface area contributed by atoms with Gasteiger partial charge in [-0.05, 0) is 46.5 Å². The van der Waals surface area contributed by atoms with E-state index in [1.807, 2.05) is 0 Å². The van der Waals surface area contributed by atoms with Crippen molar-refractivity contribution in [3.05, 3.63) is 58.2 Å². The average molecular weight is 1590 g/mol. The van der Waals surface area contributed by atoms with Crippen molar-refractivity contribution in [2.75, 3.05) is 52.4 Å². The van der Waals surface area contributed by atoms with Gasteiger partial charge in [0.2, 0.25) is 0 Å². The maximum atomic E-state index is 13.9. The Labute approximate surface area is 550 Å². The number of carboxylic acids is 8. The molecule has 0 bridgehead atoms. The smallest absolute Gasteiger partial charge is 0.872 e. The Balaban J connectivity index is -0.0000000166. The summed E-state index contributed by atoms with van der Waals surface area (Å²) in [6.07, 6.45) is 0. The molecule has 0 unspecified atom stereocenters. The number of benzene rings is 2. The first-order valence-electron chi connectivity index (χ1n) is 15.4. The number of carboxylic acid groups (broad SMARTS) is 8. The molecule has 553 valence electrons. The topological polar surface area (TPSA) is 1280 Å². The second kappa shape index (κ2) is 111. The fourth-order valence-corrected chi connectivity index (χ4v) is 4.99. The monoisotopic (exact) mass is 1590 g/mol. The molecule has 0 fully saturated rings. The van der Waals surface area contributed by atoms with E-state index in [0.29, 0.717) is 0 Å². The van der Waals surface area contributed by atoms with Crippen LogP contribution in [0.2, 0.25) is 0 Å². The number of halogens is 2. The minimum Gasteiger partial charge on any atom is -0.872 e. The second-order valence-corrected chi connectivity index (χ2v) is 11.7. The third-order valence-electron chi connectivity index (χ3n) is 6.81. The standard InChI is InChI=1S/2C16H19FN2O9.5Mn.28H2O/c2*17-11-1-9(3-18(5-12(20)21)6-13(22)23)16(28)10(2-11)4-19(7-14(24)25)8-15(26)27;;;;;;;;;;;;;;;;;;;;;;;;;;;;;;;;;/h2*1-2,28H,3-8H2,(H,20,21)(H,22,23)(H,24,25)(H,26,27);;;;;;28*1H2/q;;+2;4*+3;;;;;;;;;;;;;;;;;;;;;;;;;;;;/p+4. The first kappa shape index (κ1) is 222. The third-order valence-corrected chi connectivity index (χ3v) is 6.81. The Bertz CT molecular complexity index is 1540. The van der Waals surface area contributed by atoms with E-state index in [9.17, 15) is 98.2 Å². The molecule has 57 heteroatoms. The van der Waals surface area contributed by atoms with E-state index in [2.05, 4.69) is 0 Å². The fraction of sp³-hybridized carbons (Fsp3) is 0.375. The Morgan fingerprint density at radius 1 is 0.270 bits per heavy atom. The minimum atomic E-state index is -1.64. The van der Waals surface area contributed by atoms with Crippen LogP contribution in [0.1, 0.15) is 22.3 Å². The summed E-state index contributed by atoms with van der Waals surface area (Å²) in [6.45, 7) is -9.30. The molecular weight excluding hydrogens is 1490 g/mol. The van der Waals surface area contributed by atoms with E-state index in [1.54, 1.807) is 0 Å². The van der Waals surface area contributed by atoms with Gasteiger partial charge < -0.3 is 243 Å². The van der Waals surface area contributed by atoms with E-state index in [1.165, 1.54) is 0 Å². The number of aliphatic carboxylic acids is 8. The largest absolute Gasteiger partial charge is 3.00 e. The summed E-state index contributed by atoms with van der Waals surface area (Å²) in [5.74, 6) is -16.7. The van der Waals surface area contributed by atoms with Crippen molar-refractivity contribution in [2.24, 2.45) is 0 Å². The SMILES string of the molecule is O.O.O.O.O.O.O.O.O.O.O.O.O.O.O=C([O-])CN(CC(=O)[O-])Cc1cc(F)cc(CN(CC(=O)[O-])CC(=O)[O-])c1[O-].O=C([O-])CN(CC(=O)[O-])Cc1cc(F)cc(CN(CC(=O)[O-])CC(=O)[O-])c1[O-].[Mn+2].[Mn+3].[Mn+3].[Mn+3].[Mn+3].[OH3+].[OH3+].[OH3+].[OH3+].[OH3+].[OH3+].[OH3+].[OH3+].[OH3+].[OH3+].[OH3+].[OH3+].[OH3+].[OH3+]. The van der Waals surface area contributed by atoms with Crippen LogP contribution in [0.4, 0.5) is 8.78 Å². The average Bonchev–Trinajstić information content (AvgIpc) is 2.99. The summed E-state index contributed by atoms with van der Waals surface area (Å²) in [7, 11) is 0. The molecule has 0 aromatic heterocycles.